The first-order chi connectivity index (χ1) is 31.8. The van der Waals surface area contributed by atoms with Gasteiger partial charge in [0, 0.05) is 16.5 Å². The molecule has 298 valence electrons. The van der Waals surface area contributed by atoms with E-state index >= 15 is 0 Å². The van der Waals surface area contributed by atoms with Crippen LogP contribution in [0.25, 0.3) is 124 Å². The Labute approximate surface area is 374 Å². The zero-order valence-electron chi connectivity index (χ0n) is 34.6. The van der Waals surface area contributed by atoms with Crippen molar-refractivity contribution in [3.63, 3.8) is 0 Å². The normalized spacial score (nSPS) is 12.1. The number of nitrogens with zero attached hydrogens (tertiary/aromatic N) is 3. The maximum absolute atomic E-state index is 2.58. The zero-order valence-corrected chi connectivity index (χ0v) is 36.3. The van der Waals surface area contributed by atoms with Crippen LogP contribution in [0.5, 0.6) is 0 Å². The standard InChI is InChI=1S/C60H37N3Se/c1-2-16-38(17-3-1)41-18-4-5-19-42(41)47-32-35-58-59(48-24-10-15-29-57(48)64-58)60(47)63-54-28-14-9-23-46(54)50-37-40(31-34-56(50)63)62-53-27-13-8-22-45(53)49-36-39(30-33-55(49)62)61-51-25-11-6-20-43(51)44-21-7-12-26-52(44)61/h1-37H. The summed E-state index contributed by atoms with van der Waals surface area (Å²) in [5, 5.41) is 10.2. The monoisotopic (exact) mass is 879 g/mol. The fourth-order valence-electron chi connectivity index (χ4n) is 10.8. The minimum absolute atomic E-state index is 0.210. The number of hydrogen-bond donors (Lipinski definition) is 0. The summed E-state index contributed by atoms with van der Waals surface area (Å²) >= 11 is 0.210. The predicted octanol–water partition coefficient (Wildman–Crippen LogP) is 15.7. The molecule has 3 nitrogen and oxygen atoms in total. The van der Waals surface area contributed by atoms with Crippen LogP contribution in [0.1, 0.15) is 0 Å². The third-order valence-electron chi connectivity index (χ3n) is 13.5. The molecule has 14 rings (SSSR count). The van der Waals surface area contributed by atoms with Crippen molar-refractivity contribution in [1.29, 1.82) is 0 Å². The fraction of sp³-hybridized carbons (Fsp3) is 0. The summed E-state index contributed by atoms with van der Waals surface area (Å²) < 4.78 is 10.3. The van der Waals surface area contributed by atoms with Gasteiger partial charge in [0.15, 0.2) is 0 Å². The summed E-state index contributed by atoms with van der Waals surface area (Å²) in [4.78, 5) is 0. The van der Waals surface area contributed by atoms with Gasteiger partial charge in [-0.25, -0.2) is 0 Å². The van der Waals surface area contributed by atoms with E-state index in [1.165, 1.54) is 113 Å². The average Bonchev–Trinajstić information content (AvgIpc) is 4.10. The number of fused-ring (bicyclic) bond motifs is 12. The van der Waals surface area contributed by atoms with Crippen LogP contribution in [-0.4, -0.2) is 28.2 Å². The second-order valence-corrected chi connectivity index (χ2v) is 19.1. The van der Waals surface area contributed by atoms with Gasteiger partial charge >= 0.3 is 290 Å². The average molecular weight is 879 g/mol. The van der Waals surface area contributed by atoms with E-state index in [2.05, 4.69) is 238 Å². The quantitative estimate of drug-likeness (QED) is 0.153. The van der Waals surface area contributed by atoms with Crippen LogP contribution >= 0.6 is 0 Å². The Hall–Kier alpha value is -7.88. The van der Waals surface area contributed by atoms with Gasteiger partial charge in [0.25, 0.3) is 0 Å². The van der Waals surface area contributed by atoms with Gasteiger partial charge in [0.05, 0.1) is 11.0 Å². The van der Waals surface area contributed by atoms with E-state index in [-0.39, 0.29) is 14.5 Å². The van der Waals surface area contributed by atoms with E-state index in [1.807, 2.05) is 0 Å². The van der Waals surface area contributed by atoms with Gasteiger partial charge in [-0.2, -0.15) is 0 Å². The first-order valence-corrected chi connectivity index (χ1v) is 23.6. The minimum atomic E-state index is 0.210. The molecular formula is C60H37N3Se. The van der Waals surface area contributed by atoms with Crippen molar-refractivity contribution in [2.75, 3.05) is 0 Å². The van der Waals surface area contributed by atoms with Crippen LogP contribution in [0.4, 0.5) is 0 Å². The van der Waals surface area contributed by atoms with Crippen LogP contribution in [0.15, 0.2) is 224 Å². The molecule has 0 bridgehead atoms. The fourth-order valence-corrected chi connectivity index (χ4v) is 13.1. The molecular weight excluding hydrogens is 842 g/mol. The molecule has 0 spiro atoms. The maximum atomic E-state index is 2.58. The number of benzene rings is 10. The van der Waals surface area contributed by atoms with Crippen LogP contribution < -0.4 is 0 Å². The third kappa shape index (κ3) is 5.10. The topological polar surface area (TPSA) is 14.8 Å². The molecule has 0 aliphatic rings. The van der Waals surface area contributed by atoms with Crippen molar-refractivity contribution >= 4 is 99.2 Å². The molecule has 0 fully saturated rings. The molecule has 64 heavy (non-hydrogen) atoms. The summed E-state index contributed by atoms with van der Waals surface area (Å²) in [6.45, 7) is 0. The Morgan fingerprint density at radius 3 is 1.30 bits per heavy atom. The summed E-state index contributed by atoms with van der Waals surface area (Å²) in [6.07, 6.45) is 0. The number of hydrogen-bond acceptors (Lipinski definition) is 0. The molecule has 4 heteroatoms. The summed E-state index contributed by atoms with van der Waals surface area (Å²) in [5.74, 6) is 0. The first-order valence-electron chi connectivity index (χ1n) is 21.9. The van der Waals surface area contributed by atoms with Gasteiger partial charge in [-0.1, -0.05) is 42.5 Å². The van der Waals surface area contributed by atoms with Crippen LogP contribution in [-0.2, 0) is 0 Å². The zero-order chi connectivity index (χ0) is 41.9. The Balaban J connectivity index is 1.03. The van der Waals surface area contributed by atoms with Crippen LogP contribution in [0.2, 0.25) is 0 Å². The number of aromatic nitrogens is 3. The molecule has 14 aromatic rings. The Kier molecular flexibility index (Phi) is 7.70. The summed E-state index contributed by atoms with van der Waals surface area (Å²) in [6, 6.07) is 83.2. The number of para-hydroxylation sites is 4. The van der Waals surface area contributed by atoms with Crippen molar-refractivity contribution in [3.8, 4) is 39.3 Å². The third-order valence-corrected chi connectivity index (χ3v) is 15.8. The molecule has 0 radical (unpaired) electrons. The van der Waals surface area contributed by atoms with Gasteiger partial charge in [0.1, 0.15) is 0 Å². The summed E-state index contributed by atoms with van der Waals surface area (Å²) in [5.41, 5.74) is 15.7. The molecule has 0 amide bonds. The van der Waals surface area contributed by atoms with Gasteiger partial charge in [-0.05, 0) is 12.1 Å². The van der Waals surface area contributed by atoms with Gasteiger partial charge in [-0.15, -0.1) is 0 Å². The van der Waals surface area contributed by atoms with Gasteiger partial charge < -0.3 is 4.57 Å². The first kappa shape index (κ1) is 35.7. The molecule has 4 heterocycles. The van der Waals surface area contributed by atoms with Crippen molar-refractivity contribution in [2.24, 2.45) is 0 Å². The molecule has 0 N–H and O–H groups in total. The van der Waals surface area contributed by atoms with Crippen molar-refractivity contribution in [1.82, 2.24) is 13.7 Å². The van der Waals surface area contributed by atoms with Gasteiger partial charge in [-0.3, -0.25) is 0 Å². The van der Waals surface area contributed by atoms with Gasteiger partial charge in [0.2, 0.25) is 0 Å². The Morgan fingerprint density at radius 2 is 0.703 bits per heavy atom. The van der Waals surface area contributed by atoms with Crippen molar-refractivity contribution < 1.29 is 0 Å². The second-order valence-electron chi connectivity index (χ2n) is 16.8. The van der Waals surface area contributed by atoms with E-state index < -0.39 is 0 Å². The van der Waals surface area contributed by atoms with E-state index in [4.69, 9.17) is 0 Å². The molecule has 0 unspecified atom stereocenters. The molecule has 0 saturated carbocycles. The number of rotatable bonds is 5. The van der Waals surface area contributed by atoms with E-state index in [0.717, 1.165) is 11.4 Å². The van der Waals surface area contributed by atoms with E-state index in [9.17, 15) is 0 Å². The Bertz CT molecular complexity index is 4140. The SMILES string of the molecule is c1ccc(-c2ccccc2-c2ccc3[se]c4ccccc4c3c2-n2c3ccccc3c3cc(-n4c5ccccc5c5cc(-n6c7ccccc7c7ccccc76)ccc54)ccc32)cc1. The van der Waals surface area contributed by atoms with Crippen molar-refractivity contribution in [3.05, 3.63) is 224 Å². The predicted molar refractivity (Wildman–Crippen MR) is 272 cm³/mol. The van der Waals surface area contributed by atoms with Crippen molar-refractivity contribution in [2.45, 2.75) is 0 Å². The molecule has 0 saturated heterocycles. The molecule has 0 aliphatic heterocycles. The molecule has 0 atom stereocenters. The Morgan fingerprint density at radius 1 is 0.266 bits per heavy atom. The molecule has 10 aromatic carbocycles. The van der Waals surface area contributed by atoms with Crippen LogP contribution in [0, 0.1) is 0 Å². The summed E-state index contributed by atoms with van der Waals surface area (Å²) in [7, 11) is 0. The molecule has 4 aromatic heterocycles. The van der Waals surface area contributed by atoms with Crippen LogP contribution in [0.3, 0.4) is 0 Å². The van der Waals surface area contributed by atoms with E-state index in [1.54, 1.807) is 0 Å². The van der Waals surface area contributed by atoms with E-state index in [0.29, 0.717) is 0 Å². The molecule has 0 aliphatic carbocycles. The second kappa shape index (κ2) is 13.8.